The molecule has 0 spiro atoms. The second kappa shape index (κ2) is 10.5. The van der Waals surface area contributed by atoms with Crippen LogP contribution < -0.4 is 15.8 Å². The van der Waals surface area contributed by atoms with Gasteiger partial charge in [-0.25, -0.2) is 0 Å². The van der Waals surface area contributed by atoms with Crippen molar-refractivity contribution in [2.75, 3.05) is 19.0 Å². The van der Waals surface area contributed by atoms with Crippen LogP contribution >= 0.6 is 23.7 Å². The summed E-state index contributed by atoms with van der Waals surface area (Å²) in [6.45, 7) is 2.37. The van der Waals surface area contributed by atoms with Crippen molar-refractivity contribution < 1.29 is 14.3 Å². The van der Waals surface area contributed by atoms with Crippen LogP contribution in [-0.4, -0.2) is 30.4 Å². The van der Waals surface area contributed by atoms with Crippen molar-refractivity contribution >= 4 is 51.3 Å². The van der Waals surface area contributed by atoms with Gasteiger partial charge in [0.2, 0.25) is 0 Å². The van der Waals surface area contributed by atoms with Crippen LogP contribution in [-0.2, 0) is 19.5 Å². The highest BCUT2D eigenvalue weighted by molar-refractivity contribution is 7.17. The first kappa shape index (κ1) is 24.7. The van der Waals surface area contributed by atoms with Gasteiger partial charge in [0.05, 0.1) is 18.2 Å². The van der Waals surface area contributed by atoms with E-state index in [0.29, 0.717) is 34.8 Å². The molecule has 3 aromatic carbocycles. The number of rotatable bonds is 6. The van der Waals surface area contributed by atoms with E-state index >= 15 is 0 Å². The number of methoxy groups -OCH3 is 1. The van der Waals surface area contributed by atoms with Crippen molar-refractivity contribution in [3.05, 3.63) is 93.9 Å². The average Bonchev–Trinajstić information content (AvgIpc) is 3.21. The first-order valence-corrected chi connectivity index (χ1v) is 11.9. The molecule has 2 amide bonds. The summed E-state index contributed by atoms with van der Waals surface area (Å²) >= 11 is 1.43. The molecule has 0 saturated heterocycles. The number of nitrogens with one attached hydrogen (secondary N) is 1. The molecule has 1 aromatic heterocycles. The monoisotopic (exact) mass is 507 g/mol. The first-order valence-electron chi connectivity index (χ1n) is 11.1. The molecule has 0 bridgehead atoms. The van der Waals surface area contributed by atoms with E-state index in [1.165, 1.54) is 16.9 Å². The second-order valence-electron chi connectivity index (χ2n) is 8.37. The van der Waals surface area contributed by atoms with Crippen molar-refractivity contribution in [2.24, 2.45) is 5.73 Å². The van der Waals surface area contributed by atoms with Crippen molar-refractivity contribution in [3.63, 3.8) is 0 Å². The predicted molar refractivity (Wildman–Crippen MR) is 143 cm³/mol. The third-order valence-electron chi connectivity index (χ3n) is 6.17. The number of carbonyl (C=O) groups excluding carboxylic acids is 2. The van der Waals surface area contributed by atoms with Crippen molar-refractivity contribution in [1.82, 2.24) is 4.90 Å². The zero-order valence-corrected chi connectivity index (χ0v) is 20.9. The number of fused-ring (bicyclic) bond motifs is 2. The fourth-order valence-corrected chi connectivity index (χ4v) is 5.81. The molecule has 0 saturated carbocycles. The van der Waals surface area contributed by atoms with Gasteiger partial charge in [-0.15, -0.1) is 23.7 Å². The fraction of sp³-hybridized carbons (Fsp3) is 0.185. The van der Waals surface area contributed by atoms with E-state index in [1.54, 1.807) is 7.11 Å². The number of nitrogens with zero attached hydrogens (tertiary/aromatic N) is 1. The van der Waals surface area contributed by atoms with Crippen LogP contribution in [0.4, 0.5) is 5.00 Å². The standard InChI is InChI=1S/C27H25N3O3S.ClH/c1-33-22-14-19-10-6-5-9-18(19)13-21(22)26(32)29-27-24(25(28)31)20-11-12-30(16-23(20)34-27)15-17-7-3-2-4-8-17;/h2-10,13-14H,11-12,15-16H2,1H3,(H2,28,31)(H,29,32);1H. The van der Waals surface area contributed by atoms with Crippen LogP contribution in [0, 0.1) is 0 Å². The summed E-state index contributed by atoms with van der Waals surface area (Å²) < 4.78 is 5.49. The number of anilines is 1. The number of ether oxygens (including phenoxy) is 1. The Kier molecular flexibility index (Phi) is 7.40. The number of primary amides is 1. The number of amides is 2. The lowest BCUT2D eigenvalue weighted by Gasteiger charge is -2.27. The van der Waals surface area contributed by atoms with Gasteiger partial charge in [-0.1, -0.05) is 54.6 Å². The fourth-order valence-electron chi connectivity index (χ4n) is 4.52. The molecule has 1 aliphatic heterocycles. The van der Waals surface area contributed by atoms with Crippen LogP contribution in [0.3, 0.4) is 0 Å². The summed E-state index contributed by atoms with van der Waals surface area (Å²) in [4.78, 5) is 29.1. The summed E-state index contributed by atoms with van der Waals surface area (Å²) in [5.74, 6) is -0.369. The number of halogens is 1. The predicted octanol–water partition coefficient (Wildman–Crippen LogP) is 5.24. The highest BCUT2D eigenvalue weighted by Crippen LogP contribution is 2.38. The number of hydrogen-bond donors (Lipinski definition) is 2. The number of carbonyl (C=O) groups is 2. The van der Waals surface area contributed by atoms with Gasteiger partial charge in [0, 0.05) is 24.5 Å². The van der Waals surface area contributed by atoms with Gasteiger partial charge >= 0.3 is 0 Å². The smallest absolute Gasteiger partial charge is 0.260 e. The molecule has 0 fully saturated rings. The van der Waals surface area contributed by atoms with E-state index < -0.39 is 5.91 Å². The maximum absolute atomic E-state index is 13.3. The SMILES string of the molecule is COc1cc2ccccc2cc1C(=O)Nc1sc2c(c1C(N)=O)CCN(Cc1ccccc1)C2.Cl. The van der Waals surface area contributed by atoms with Crippen LogP contribution in [0.25, 0.3) is 10.8 Å². The van der Waals surface area contributed by atoms with Gasteiger partial charge in [-0.05, 0) is 40.5 Å². The third-order valence-corrected chi connectivity index (χ3v) is 7.30. The number of thiophene rings is 1. The average molecular weight is 508 g/mol. The highest BCUT2D eigenvalue weighted by atomic mass is 35.5. The molecule has 0 aliphatic carbocycles. The minimum atomic E-state index is -0.519. The molecule has 4 aromatic rings. The maximum atomic E-state index is 13.3. The van der Waals surface area contributed by atoms with Crippen LogP contribution in [0.5, 0.6) is 5.75 Å². The molecule has 0 radical (unpaired) electrons. The molecule has 8 heteroatoms. The Bertz CT molecular complexity index is 1390. The van der Waals surface area contributed by atoms with Crippen molar-refractivity contribution in [1.29, 1.82) is 0 Å². The molecule has 6 nitrogen and oxygen atoms in total. The van der Waals surface area contributed by atoms with Crippen molar-refractivity contribution in [2.45, 2.75) is 19.5 Å². The summed E-state index contributed by atoms with van der Waals surface area (Å²) in [6.07, 6.45) is 0.714. The second-order valence-corrected chi connectivity index (χ2v) is 9.48. The highest BCUT2D eigenvalue weighted by Gasteiger charge is 2.28. The largest absolute Gasteiger partial charge is 0.496 e. The molecule has 1 aliphatic rings. The first-order chi connectivity index (χ1) is 16.5. The maximum Gasteiger partial charge on any atom is 0.260 e. The van der Waals surface area contributed by atoms with E-state index in [0.717, 1.165) is 34.3 Å². The van der Waals surface area contributed by atoms with E-state index in [9.17, 15) is 9.59 Å². The van der Waals surface area contributed by atoms with Crippen molar-refractivity contribution in [3.8, 4) is 5.75 Å². The minimum absolute atomic E-state index is 0. The Morgan fingerprint density at radius 3 is 2.43 bits per heavy atom. The lowest BCUT2D eigenvalue weighted by atomic mass is 10.0. The third kappa shape index (κ3) is 5.03. The Labute approximate surface area is 214 Å². The van der Waals surface area contributed by atoms with E-state index in [1.807, 2.05) is 54.6 Å². The van der Waals surface area contributed by atoms with E-state index in [-0.39, 0.29) is 18.3 Å². The van der Waals surface area contributed by atoms with Crippen LogP contribution in [0.1, 0.15) is 36.7 Å². The molecule has 0 unspecified atom stereocenters. The molecule has 35 heavy (non-hydrogen) atoms. The molecule has 0 atom stereocenters. The normalized spacial score (nSPS) is 13.1. The summed E-state index contributed by atoms with van der Waals surface area (Å²) in [6, 6.07) is 21.8. The number of nitrogens with two attached hydrogens (primary N) is 1. The lowest BCUT2D eigenvalue weighted by Crippen LogP contribution is -2.30. The Morgan fingerprint density at radius 2 is 1.74 bits per heavy atom. The topological polar surface area (TPSA) is 84.7 Å². The summed E-state index contributed by atoms with van der Waals surface area (Å²) in [5, 5.41) is 5.37. The van der Waals surface area contributed by atoms with Gasteiger partial charge in [-0.2, -0.15) is 0 Å². The van der Waals surface area contributed by atoms with Gasteiger partial charge in [0.25, 0.3) is 11.8 Å². The Balaban J connectivity index is 0.00000289. The lowest BCUT2D eigenvalue weighted by molar-refractivity contribution is 0.0999. The molecule has 180 valence electrons. The Hall–Kier alpha value is -3.39. The Morgan fingerprint density at radius 1 is 1.06 bits per heavy atom. The minimum Gasteiger partial charge on any atom is -0.496 e. The van der Waals surface area contributed by atoms with E-state index in [2.05, 4.69) is 22.3 Å². The molecule has 2 heterocycles. The quantitative estimate of drug-likeness (QED) is 0.373. The van der Waals surface area contributed by atoms with Crippen LogP contribution in [0.15, 0.2) is 66.7 Å². The van der Waals surface area contributed by atoms with Gasteiger partial charge in [-0.3, -0.25) is 14.5 Å². The zero-order chi connectivity index (χ0) is 23.7. The van der Waals surface area contributed by atoms with Gasteiger partial charge < -0.3 is 15.8 Å². The zero-order valence-electron chi connectivity index (χ0n) is 19.2. The summed E-state index contributed by atoms with van der Waals surface area (Å²) in [7, 11) is 1.54. The molecule has 5 rings (SSSR count). The number of benzene rings is 3. The molecular weight excluding hydrogens is 482 g/mol. The molecular formula is C27H26ClN3O3S. The van der Waals surface area contributed by atoms with Gasteiger partial charge in [0.1, 0.15) is 10.8 Å². The van der Waals surface area contributed by atoms with Crippen LogP contribution in [0.2, 0.25) is 0 Å². The number of hydrogen-bond acceptors (Lipinski definition) is 5. The van der Waals surface area contributed by atoms with Gasteiger partial charge in [0.15, 0.2) is 0 Å². The van der Waals surface area contributed by atoms with E-state index in [4.69, 9.17) is 10.5 Å². The summed E-state index contributed by atoms with van der Waals surface area (Å²) in [5.41, 5.74) is 8.79. The molecule has 3 N–H and O–H groups in total.